The third-order valence-electron chi connectivity index (χ3n) is 4.79. The first-order valence-electron chi connectivity index (χ1n) is 8.70. The molecule has 1 amide bonds. The van der Waals surface area contributed by atoms with E-state index in [2.05, 4.69) is 17.2 Å². The molecule has 0 aliphatic heterocycles. The van der Waals surface area contributed by atoms with E-state index in [-0.39, 0.29) is 5.91 Å². The molecule has 0 fully saturated rings. The van der Waals surface area contributed by atoms with Crippen LogP contribution in [0.25, 0.3) is 0 Å². The highest BCUT2D eigenvalue weighted by Crippen LogP contribution is 2.40. The summed E-state index contributed by atoms with van der Waals surface area (Å²) in [5, 5.41) is 3.54. The number of ether oxygens (including phenoxy) is 3. The van der Waals surface area contributed by atoms with E-state index in [0.717, 1.165) is 24.5 Å². The van der Waals surface area contributed by atoms with Gasteiger partial charge in [0.15, 0.2) is 16.6 Å². The number of nitrogens with one attached hydrogen (secondary N) is 1. The Morgan fingerprint density at radius 1 is 1.23 bits per heavy atom. The standard InChI is InChI=1S/C19H24N2O4S/c1-5-11-6-8-13-15(10-11)26-19(20-13)21-18(22)12-7-9-14(23-2)17(25-4)16(12)24-3/h7,9,11H,5-6,8,10H2,1-4H3,(H,20,21,22). The van der Waals surface area contributed by atoms with E-state index in [1.54, 1.807) is 30.6 Å². The molecule has 1 N–H and O–H groups in total. The Hall–Kier alpha value is -2.28. The third kappa shape index (κ3) is 3.49. The SMILES string of the molecule is CCC1CCc2nc(NC(=O)c3ccc(OC)c(OC)c3OC)sc2C1. The summed E-state index contributed by atoms with van der Waals surface area (Å²) in [4.78, 5) is 18.7. The van der Waals surface area contributed by atoms with Crippen LogP contribution in [-0.2, 0) is 12.8 Å². The average molecular weight is 376 g/mol. The Morgan fingerprint density at radius 3 is 2.65 bits per heavy atom. The molecule has 1 aromatic heterocycles. The van der Waals surface area contributed by atoms with Crippen molar-refractivity contribution in [3.05, 3.63) is 28.3 Å². The van der Waals surface area contributed by atoms with Gasteiger partial charge in [-0.1, -0.05) is 13.3 Å². The van der Waals surface area contributed by atoms with E-state index >= 15 is 0 Å². The second kappa shape index (κ2) is 7.95. The second-order valence-electron chi connectivity index (χ2n) is 6.24. The van der Waals surface area contributed by atoms with Crippen molar-refractivity contribution in [1.82, 2.24) is 4.98 Å². The van der Waals surface area contributed by atoms with Crippen molar-refractivity contribution in [2.45, 2.75) is 32.6 Å². The number of anilines is 1. The monoisotopic (exact) mass is 376 g/mol. The summed E-state index contributed by atoms with van der Waals surface area (Å²) in [5.74, 6) is 1.69. The lowest BCUT2D eigenvalue weighted by Gasteiger charge is -2.18. The summed E-state index contributed by atoms with van der Waals surface area (Å²) in [6, 6.07) is 3.35. The number of thiazole rings is 1. The van der Waals surface area contributed by atoms with Gasteiger partial charge >= 0.3 is 0 Å². The number of fused-ring (bicyclic) bond motifs is 1. The van der Waals surface area contributed by atoms with E-state index in [4.69, 9.17) is 14.2 Å². The topological polar surface area (TPSA) is 69.7 Å². The van der Waals surface area contributed by atoms with Crippen molar-refractivity contribution in [2.24, 2.45) is 5.92 Å². The fourth-order valence-corrected chi connectivity index (χ4v) is 4.41. The number of methoxy groups -OCH3 is 3. The highest BCUT2D eigenvalue weighted by molar-refractivity contribution is 7.15. The number of carbonyl (C=O) groups is 1. The number of aryl methyl sites for hydroxylation is 1. The van der Waals surface area contributed by atoms with Crippen LogP contribution in [0.15, 0.2) is 12.1 Å². The van der Waals surface area contributed by atoms with Crippen LogP contribution in [0.4, 0.5) is 5.13 Å². The summed E-state index contributed by atoms with van der Waals surface area (Å²) in [5.41, 5.74) is 1.50. The lowest BCUT2D eigenvalue weighted by Crippen LogP contribution is -2.14. The Kier molecular flexibility index (Phi) is 5.66. The van der Waals surface area contributed by atoms with Crippen LogP contribution in [0.5, 0.6) is 17.2 Å². The molecule has 0 saturated heterocycles. The molecule has 1 aliphatic carbocycles. The molecule has 0 saturated carbocycles. The smallest absolute Gasteiger partial charge is 0.261 e. The van der Waals surface area contributed by atoms with Crippen molar-refractivity contribution in [2.75, 3.05) is 26.6 Å². The van der Waals surface area contributed by atoms with E-state index < -0.39 is 0 Å². The molecule has 140 valence electrons. The van der Waals surface area contributed by atoms with Crippen molar-refractivity contribution < 1.29 is 19.0 Å². The van der Waals surface area contributed by atoms with E-state index in [1.807, 2.05) is 0 Å². The number of nitrogens with zero attached hydrogens (tertiary/aromatic N) is 1. The summed E-state index contributed by atoms with van der Waals surface area (Å²) < 4.78 is 16.0. The molecule has 7 heteroatoms. The Morgan fingerprint density at radius 2 is 2.00 bits per heavy atom. The highest BCUT2D eigenvalue weighted by Gasteiger charge is 2.24. The number of benzene rings is 1. The predicted molar refractivity (Wildman–Crippen MR) is 102 cm³/mol. The summed E-state index contributed by atoms with van der Waals surface area (Å²) >= 11 is 1.57. The van der Waals surface area contributed by atoms with Gasteiger partial charge in [-0.05, 0) is 37.3 Å². The first-order chi connectivity index (χ1) is 12.6. The van der Waals surface area contributed by atoms with Gasteiger partial charge in [0.25, 0.3) is 5.91 Å². The van der Waals surface area contributed by atoms with Crippen molar-refractivity contribution in [3.63, 3.8) is 0 Å². The molecule has 0 radical (unpaired) electrons. The zero-order valence-corrected chi connectivity index (χ0v) is 16.4. The molecule has 1 heterocycles. The van der Waals surface area contributed by atoms with Gasteiger partial charge in [0.2, 0.25) is 5.75 Å². The highest BCUT2D eigenvalue weighted by atomic mass is 32.1. The molecule has 26 heavy (non-hydrogen) atoms. The van der Waals surface area contributed by atoms with Gasteiger partial charge in [0.05, 0.1) is 32.6 Å². The number of carbonyl (C=O) groups excluding carboxylic acids is 1. The maximum atomic E-state index is 12.8. The van der Waals surface area contributed by atoms with Gasteiger partial charge in [-0.2, -0.15) is 0 Å². The summed E-state index contributed by atoms with van der Waals surface area (Å²) in [6.45, 7) is 2.22. The minimum Gasteiger partial charge on any atom is -0.493 e. The van der Waals surface area contributed by atoms with Gasteiger partial charge in [-0.3, -0.25) is 10.1 Å². The van der Waals surface area contributed by atoms with Crippen LogP contribution >= 0.6 is 11.3 Å². The molecule has 2 aromatic rings. The molecule has 1 atom stereocenters. The molecular formula is C19H24N2O4S. The van der Waals surface area contributed by atoms with Crippen LogP contribution < -0.4 is 19.5 Å². The predicted octanol–water partition coefficient (Wildman–Crippen LogP) is 3.94. The maximum Gasteiger partial charge on any atom is 0.261 e. The van der Waals surface area contributed by atoms with Crippen molar-refractivity contribution in [3.8, 4) is 17.2 Å². The summed E-state index contributed by atoms with van der Waals surface area (Å²) in [7, 11) is 4.56. The molecule has 0 spiro atoms. The van der Waals surface area contributed by atoms with Crippen LogP contribution in [0, 0.1) is 5.92 Å². The lowest BCUT2D eigenvalue weighted by molar-refractivity contribution is 0.102. The molecule has 1 aliphatic rings. The quantitative estimate of drug-likeness (QED) is 0.827. The Bertz CT molecular complexity index is 803. The number of amides is 1. The fraction of sp³-hybridized carbons (Fsp3) is 0.474. The first-order valence-corrected chi connectivity index (χ1v) is 9.51. The van der Waals surface area contributed by atoms with Gasteiger partial charge < -0.3 is 14.2 Å². The van der Waals surface area contributed by atoms with Gasteiger partial charge in [-0.25, -0.2) is 4.98 Å². The number of hydrogen-bond donors (Lipinski definition) is 1. The molecule has 0 bridgehead atoms. The normalized spacial score (nSPS) is 15.9. The minimum absolute atomic E-state index is 0.277. The van der Waals surface area contributed by atoms with E-state index in [9.17, 15) is 4.79 Å². The molecule has 6 nitrogen and oxygen atoms in total. The second-order valence-corrected chi connectivity index (χ2v) is 7.33. The third-order valence-corrected chi connectivity index (χ3v) is 5.82. The molecular weight excluding hydrogens is 352 g/mol. The van der Waals surface area contributed by atoms with Crippen LogP contribution in [0.3, 0.4) is 0 Å². The largest absolute Gasteiger partial charge is 0.493 e. The van der Waals surface area contributed by atoms with Crippen LogP contribution in [-0.4, -0.2) is 32.2 Å². The van der Waals surface area contributed by atoms with Crippen molar-refractivity contribution in [1.29, 1.82) is 0 Å². The van der Waals surface area contributed by atoms with E-state index in [1.165, 1.54) is 31.9 Å². The molecule has 1 unspecified atom stereocenters. The van der Waals surface area contributed by atoms with Gasteiger partial charge in [-0.15, -0.1) is 11.3 Å². The maximum absolute atomic E-state index is 12.8. The molecule has 3 rings (SSSR count). The first kappa shape index (κ1) is 18.5. The molecule has 1 aromatic carbocycles. The zero-order valence-electron chi connectivity index (χ0n) is 15.5. The van der Waals surface area contributed by atoms with Crippen LogP contribution in [0.1, 0.15) is 40.7 Å². The fourth-order valence-electron chi connectivity index (χ4n) is 3.29. The van der Waals surface area contributed by atoms with Crippen molar-refractivity contribution >= 4 is 22.4 Å². The Balaban J connectivity index is 1.84. The number of hydrogen-bond acceptors (Lipinski definition) is 6. The number of rotatable bonds is 6. The number of aromatic nitrogens is 1. The van der Waals surface area contributed by atoms with E-state index in [0.29, 0.717) is 27.9 Å². The summed E-state index contributed by atoms with van der Waals surface area (Å²) in [6.07, 6.45) is 4.39. The minimum atomic E-state index is -0.277. The average Bonchev–Trinajstić information content (AvgIpc) is 3.07. The zero-order chi connectivity index (χ0) is 18.7. The Labute approximate surface area is 157 Å². The lowest BCUT2D eigenvalue weighted by atomic mass is 9.89. The van der Waals surface area contributed by atoms with Crippen LogP contribution in [0.2, 0.25) is 0 Å². The van der Waals surface area contributed by atoms with Gasteiger partial charge in [0, 0.05) is 4.88 Å². The van der Waals surface area contributed by atoms with Gasteiger partial charge in [0.1, 0.15) is 0 Å².